The van der Waals surface area contributed by atoms with Gasteiger partial charge in [0.05, 0.1) is 25.0 Å². The van der Waals surface area contributed by atoms with Gasteiger partial charge in [-0.05, 0) is 50.8 Å². The minimum atomic E-state index is -4.47. The number of halogens is 3. The zero-order valence-electron chi connectivity index (χ0n) is 19.1. The Hall–Kier alpha value is -2.97. The molecule has 1 aliphatic rings. The fourth-order valence-corrected chi connectivity index (χ4v) is 3.89. The number of carbonyl (C=O) groups is 1. The van der Waals surface area contributed by atoms with Crippen LogP contribution in [0.25, 0.3) is 0 Å². The third-order valence-electron chi connectivity index (χ3n) is 5.73. The Balaban J connectivity index is 1.74. The van der Waals surface area contributed by atoms with Gasteiger partial charge < -0.3 is 19.3 Å². The second kappa shape index (κ2) is 10.8. The van der Waals surface area contributed by atoms with Gasteiger partial charge in [-0.2, -0.15) is 13.2 Å². The highest BCUT2D eigenvalue weighted by atomic mass is 19.4. The highest BCUT2D eigenvalue weighted by Gasteiger charge is 2.36. The number of hydrogen-bond donors (Lipinski definition) is 0. The van der Waals surface area contributed by atoms with Crippen molar-refractivity contribution in [3.63, 3.8) is 0 Å². The van der Waals surface area contributed by atoms with Crippen LogP contribution < -0.4 is 14.4 Å². The van der Waals surface area contributed by atoms with Gasteiger partial charge in [0.15, 0.2) is 0 Å². The van der Waals surface area contributed by atoms with E-state index in [0.29, 0.717) is 42.9 Å². The molecule has 0 radical (unpaired) electrons. The molecule has 0 bridgehead atoms. The number of piperidine rings is 1. The van der Waals surface area contributed by atoms with Gasteiger partial charge in [0.2, 0.25) is 5.88 Å². The van der Waals surface area contributed by atoms with Crippen LogP contribution >= 0.6 is 0 Å². The molecule has 9 heteroatoms. The lowest BCUT2D eigenvalue weighted by Crippen LogP contribution is -2.44. The van der Waals surface area contributed by atoms with E-state index in [9.17, 15) is 18.0 Å². The van der Waals surface area contributed by atoms with E-state index in [2.05, 4.69) is 4.98 Å². The first-order valence-corrected chi connectivity index (χ1v) is 11.0. The summed E-state index contributed by atoms with van der Waals surface area (Å²) in [6.45, 7) is 3.73. The molecule has 180 valence electrons. The molecule has 1 aromatic carbocycles. The van der Waals surface area contributed by atoms with Crippen LogP contribution in [0.2, 0.25) is 0 Å². The van der Waals surface area contributed by atoms with Gasteiger partial charge in [-0.1, -0.05) is 6.07 Å². The van der Waals surface area contributed by atoms with Gasteiger partial charge in [-0.3, -0.25) is 4.79 Å². The lowest BCUT2D eigenvalue weighted by molar-refractivity contribution is -0.143. The Bertz CT molecular complexity index is 914. The molecule has 0 unspecified atom stereocenters. The second-order valence-corrected chi connectivity index (χ2v) is 8.43. The van der Waals surface area contributed by atoms with E-state index in [1.165, 1.54) is 7.11 Å². The van der Waals surface area contributed by atoms with Crippen LogP contribution in [0.4, 0.5) is 18.9 Å². The van der Waals surface area contributed by atoms with Gasteiger partial charge >= 0.3 is 6.18 Å². The number of pyridine rings is 1. The van der Waals surface area contributed by atoms with Crippen LogP contribution in [-0.4, -0.2) is 61.4 Å². The first-order valence-electron chi connectivity index (χ1n) is 11.0. The number of benzene rings is 1. The van der Waals surface area contributed by atoms with E-state index in [1.807, 2.05) is 23.1 Å². The molecule has 3 rings (SSSR count). The van der Waals surface area contributed by atoms with E-state index in [-0.39, 0.29) is 5.56 Å². The summed E-state index contributed by atoms with van der Waals surface area (Å²) in [6.07, 6.45) is -1.14. The Morgan fingerprint density at radius 2 is 1.94 bits per heavy atom. The van der Waals surface area contributed by atoms with Crippen LogP contribution in [0, 0.1) is 5.92 Å². The number of ether oxygens (including phenoxy) is 2. The summed E-state index contributed by atoms with van der Waals surface area (Å²) in [4.78, 5) is 20.2. The molecule has 0 N–H and O–H groups in total. The fraction of sp³-hybridized carbons (Fsp3) is 0.500. The zero-order valence-corrected chi connectivity index (χ0v) is 19.1. The lowest BCUT2D eigenvalue weighted by Gasteiger charge is -2.36. The summed E-state index contributed by atoms with van der Waals surface area (Å²) in [5.41, 5.74) is 0.841. The van der Waals surface area contributed by atoms with E-state index in [0.717, 1.165) is 17.7 Å². The summed E-state index contributed by atoms with van der Waals surface area (Å²) >= 11 is 0. The molecule has 2 aromatic rings. The highest BCUT2D eigenvalue weighted by molar-refractivity contribution is 6.00. The van der Waals surface area contributed by atoms with E-state index < -0.39 is 24.7 Å². The minimum absolute atomic E-state index is 0.247. The number of hydrogen-bond acceptors (Lipinski definition) is 5. The molecule has 2 heterocycles. The molecule has 1 aromatic heterocycles. The van der Waals surface area contributed by atoms with Crippen molar-refractivity contribution in [1.82, 2.24) is 9.88 Å². The molecule has 1 aliphatic heterocycles. The van der Waals surface area contributed by atoms with Crippen molar-refractivity contribution in [2.45, 2.75) is 38.9 Å². The van der Waals surface area contributed by atoms with Crippen LogP contribution in [0.15, 0.2) is 42.6 Å². The molecule has 1 amide bonds. The van der Waals surface area contributed by atoms with Crippen LogP contribution in [0.1, 0.15) is 37.0 Å². The highest BCUT2D eigenvalue weighted by Crippen LogP contribution is 2.32. The molecule has 6 nitrogen and oxygen atoms in total. The van der Waals surface area contributed by atoms with Crippen molar-refractivity contribution in [2.24, 2.45) is 5.92 Å². The maximum absolute atomic E-state index is 13.2. The van der Waals surface area contributed by atoms with Crippen LogP contribution in [-0.2, 0) is 0 Å². The zero-order chi connectivity index (χ0) is 24.0. The number of nitrogens with zero attached hydrogens (tertiary/aromatic N) is 3. The number of carbonyl (C=O) groups excluding carboxylic acids is 1. The predicted molar refractivity (Wildman–Crippen MR) is 120 cm³/mol. The number of rotatable bonds is 8. The third-order valence-corrected chi connectivity index (χ3v) is 5.73. The Morgan fingerprint density at radius 3 is 2.52 bits per heavy atom. The van der Waals surface area contributed by atoms with Crippen molar-refractivity contribution in [3.8, 4) is 11.6 Å². The fourth-order valence-electron chi connectivity index (χ4n) is 3.89. The smallest absolute Gasteiger partial charge is 0.406 e. The van der Waals surface area contributed by atoms with E-state index in [1.54, 1.807) is 38.2 Å². The maximum atomic E-state index is 13.2. The second-order valence-electron chi connectivity index (χ2n) is 8.43. The number of alkyl halides is 3. The molecule has 0 spiro atoms. The number of methoxy groups -OCH3 is 1. The van der Waals surface area contributed by atoms with Gasteiger partial charge in [0.1, 0.15) is 12.3 Å². The standard InChI is InChI=1S/C24H30F3N3O3/c1-17(2)30(16-24(25,26)27)23(31)20-8-7-19(32-3)14-21(20)29-12-9-18(10-13-29)15-33-22-6-4-5-11-28-22/h4-8,11,14,17-18H,9-10,12-13,15-16H2,1-3H3. The number of amides is 1. The van der Waals surface area contributed by atoms with Gasteiger partial charge in [0.25, 0.3) is 5.91 Å². The largest absolute Gasteiger partial charge is 0.497 e. The van der Waals surface area contributed by atoms with Crippen molar-refractivity contribution in [2.75, 3.05) is 38.3 Å². The summed E-state index contributed by atoms with van der Waals surface area (Å²) in [7, 11) is 1.52. The van der Waals surface area contributed by atoms with Crippen molar-refractivity contribution < 1.29 is 27.4 Å². The Kier molecular flexibility index (Phi) is 8.05. The van der Waals surface area contributed by atoms with Gasteiger partial charge in [-0.25, -0.2) is 4.98 Å². The quantitative estimate of drug-likeness (QED) is 0.561. The van der Waals surface area contributed by atoms with Crippen molar-refractivity contribution in [3.05, 3.63) is 48.2 Å². The first kappa shape index (κ1) is 24.7. The molecular weight excluding hydrogens is 435 g/mol. The van der Waals surface area contributed by atoms with E-state index >= 15 is 0 Å². The maximum Gasteiger partial charge on any atom is 0.406 e. The van der Waals surface area contributed by atoms with Crippen molar-refractivity contribution >= 4 is 11.6 Å². The molecular formula is C24H30F3N3O3. The minimum Gasteiger partial charge on any atom is -0.497 e. The molecule has 0 atom stereocenters. The number of anilines is 1. The van der Waals surface area contributed by atoms with Gasteiger partial charge in [0, 0.05) is 37.5 Å². The first-order chi connectivity index (χ1) is 15.7. The average molecular weight is 466 g/mol. The topological polar surface area (TPSA) is 54.9 Å². The molecule has 0 aliphatic carbocycles. The third kappa shape index (κ3) is 6.76. The predicted octanol–water partition coefficient (Wildman–Crippen LogP) is 4.80. The lowest BCUT2D eigenvalue weighted by atomic mass is 9.96. The van der Waals surface area contributed by atoms with E-state index in [4.69, 9.17) is 9.47 Å². The summed E-state index contributed by atoms with van der Waals surface area (Å²) < 4.78 is 50.4. The molecule has 1 saturated heterocycles. The summed E-state index contributed by atoms with van der Waals surface area (Å²) in [5.74, 6) is 0.819. The molecule has 1 fully saturated rings. The van der Waals surface area contributed by atoms with Crippen LogP contribution in [0.5, 0.6) is 11.6 Å². The number of aromatic nitrogens is 1. The average Bonchev–Trinajstić information content (AvgIpc) is 2.80. The monoisotopic (exact) mass is 465 g/mol. The molecule has 33 heavy (non-hydrogen) atoms. The summed E-state index contributed by atoms with van der Waals surface area (Å²) in [6, 6.07) is 9.80. The van der Waals surface area contributed by atoms with Crippen LogP contribution in [0.3, 0.4) is 0 Å². The van der Waals surface area contributed by atoms with Gasteiger partial charge in [-0.15, -0.1) is 0 Å². The SMILES string of the molecule is COc1ccc(C(=O)N(CC(F)(F)F)C(C)C)c(N2CCC(COc3ccccn3)CC2)c1. The Labute approximate surface area is 192 Å². The Morgan fingerprint density at radius 1 is 1.21 bits per heavy atom. The normalized spacial score (nSPS) is 14.9. The summed E-state index contributed by atoms with van der Waals surface area (Å²) in [5, 5.41) is 0. The molecule has 0 saturated carbocycles. The van der Waals surface area contributed by atoms with Crippen molar-refractivity contribution in [1.29, 1.82) is 0 Å².